The highest BCUT2D eigenvalue weighted by Crippen LogP contribution is 2.33. The number of hydrogen-bond donors (Lipinski definition) is 0. The lowest BCUT2D eigenvalue weighted by atomic mass is 9.98. The maximum absolute atomic E-state index is 13.0. The van der Waals surface area contributed by atoms with Crippen molar-refractivity contribution in [1.29, 1.82) is 0 Å². The fourth-order valence-corrected chi connectivity index (χ4v) is 3.65. The van der Waals surface area contributed by atoms with Crippen LogP contribution in [0.2, 0.25) is 0 Å². The number of rotatable bonds is 5. The molecule has 0 N–H and O–H groups in total. The van der Waals surface area contributed by atoms with Crippen LogP contribution in [-0.2, 0) is 24.3 Å². The van der Waals surface area contributed by atoms with Gasteiger partial charge in [0.2, 0.25) is 5.91 Å². The first-order valence-corrected chi connectivity index (χ1v) is 9.36. The quantitative estimate of drug-likeness (QED) is 0.646. The molecule has 0 radical (unpaired) electrons. The van der Waals surface area contributed by atoms with Gasteiger partial charge < -0.3 is 23.8 Å². The molecule has 1 amide bonds. The second-order valence-corrected chi connectivity index (χ2v) is 7.18. The van der Waals surface area contributed by atoms with E-state index in [0.29, 0.717) is 35.8 Å². The summed E-state index contributed by atoms with van der Waals surface area (Å²) in [5, 5.41) is 0. The Kier molecular flexibility index (Phi) is 4.96. The molecular weight excluding hydrogens is 372 g/mol. The Labute approximate surface area is 168 Å². The molecular formula is C20H24N6O3. The van der Waals surface area contributed by atoms with Gasteiger partial charge in [0.05, 0.1) is 20.5 Å². The van der Waals surface area contributed by atoms with Gasteiger partial charge in [0.25, 0.3) is 0 Å². The van der Waals surface area contributed by atoms with Gasteiger partial charge in [-0.15, -0.1) is 0 Å². The number of methoxy groups -OCH3 is 2. The maximum Gasteiger partial charge on any atom is 0.242 e. The zero-order valence-electron chi connectivity index (χ0n) is 17.0. The molecule has 0 spiro atoms. The van der Waals surface area contributed by atoms with Gasteiger partial charge in [-0.3, -0.25) is 4.79 Å². The lowest BCUT2D eigenvalue weighted by Crippen LogP contribution is -2.38. The van der Waals surface area contributed by atoms with Crippen molar-refractivity contribution in [2.75, 3.05) is 39.8 Å². The fraction of sp³-hybridized carbons (Fsp3) is 0.400. The monoisotopic (exact) mass is 396 g/mol. The van der Waals surface area contributed by atoms with Crippen molar-refractivity contribution >= 4 is 22.9 Å². The van der Waals surface area contributed by atoms with Crippen LogP contribution < -0.4 is 14.4 Å². The van der Waals surface area contributed by atoms with E-state index in [1.807, 2.05) is 36.0 Å². The first-order valence-electron chi connectivity index (χ1n) is 9.36. The minimum atomic E-state index is 0.0229. The molecule has 1 aliphatic rings. The SMILES string of the molecule is COc1cc2c(cc1OC)CN(C(=O)Cn1cnc3c(N(C)C)ncnc31)CC2. The molecule has 0 bridgehead atoms. The third kappa shape index (κ3) is 3.43. The van der Waals surface area contributed by atoms with Crippen LogP contribution in [0.4, 0.5) is 5.82 Å². The standard InChI is InChI=1S/C20H24N6O3/c1-24(2)19-18-20(22-11-21-19)26(12-23-18)10-17(27)25-6-5-13-7-15(28-3)16(29-4)8-14(13)9-25/h7-8,11-12H,5-6,9-10H2,1-4H3. The van der Waals surface area contributed by atoms with Crippen LogP contribution in [0.1, 0.15) is 11.1 Å². The molecule has 0 fully saturated rings. The normalized spacial score (nSPS) is 13.3. The summed E-state index contributed by atoms with van der Waals surface area (Å²) < 4.78 is 12.6. The van der Waals surface area contributed by atoms with Crippen LogP contribution in [0.5, 0.6) is 11.5 Å². The van der Waals surface area contributed by atoms with Crippen molar-refractivity contribution < 1.29 is 14.3 Å². The number of amides is 1. The Balaban J connectivity index is 1.55. The summed E-state index contributed by atoms with van der Waals surface area (Å²) >= 11 is 0. The first-order chi connectivity index (χ1) is 14.0. The summed E-state index contributed by atoms with van der Waals surface area (Å²) in [7, 11) is 7.05. The summed E-state index contributed by atoms with van der Waals surface area (Å²) in [5.74, 6) is 2.14. The van der Waals surface area contributed by atoms with Crippen molar-refractivity contribution in [2.45, 2.75) is 19.5 Å². The van der Waals surface area contributed by atoms with Crippen LogP contribution in [0.3, 0.4) is 0 Å². The van der Waals surface area contributed by atoms with Crippen molar-refractivity contribution in [3.05, 3.63) is 35.9 Å². The largest absolute Gasteiger partial charge is 0.493 e. The zero-order chi connectivity index (χ0) is 20.5. The van der Waals surface area contributed by atoms with Gasteiger partial charge >= 0.3 is 0 Å². The molecule has 1 aliphatic heterocycles. The molecule has 4 rings (SSSR count). The number of carbonyl (C=O) groups excluding carboxylic acids is 1. The van der Waals surface area contributed by atoms with E-state index in [-0.39, 0.29) is 12.5 Å². The van der Waals surface area contributed by atoms with Gasteiger partial charge in [0.1, 0.15) is 12.9 Å². The van der Waals surface area contributed by atoms with Gasteiger partial charge in [0, 0.05) is 27.2 Å². The fourth-order valence-electron chi connectivity index (χ4n) is 3.65. The number of carbonyl (C=O) groups is 1. The minimum Gasteiger partial charge on any atom is -0.493 e. The van der Waals surface area contributed by atoms with Gasteiger partial charge in [-0.2, -0.15) is 0 Å². The average Bonchev–Trinajstić information content (AvgIpc) is 3.14. The molecule has 3 aromatic rings. The molecule has 9 nitrogen and oxygen atoms in total. The third-order valence-corrected chi connectivity index (χ3v) is 5.18. The Morgan fingerprint density at radius 3 is 2.52 bits per heavy atom. The summed E-state index contributed by atoms with van der Waals surface area (Å²) in [6.45, 7) is 1.38. The minimum absolute atomic E-state index is 0.0229. The van der Waals surface area contributed by atoms with E-state index in [4.69, 9.17) is 9.47 Å². The number of aromatic nitrogens is 4. The Morgan fingerprint density at radius 1 is 1.10 bits per heavy atom. The van der Waals surface area contributed by atoms with Gasteiger partial charge in [-0.1, -0.05) is 0 Å². The lowest BCUT2D eigenvalue weighted by molar-refractivity contribution is -0.132. The maximum atomic E-state index is 13.0. The van der Waals surface area contributed by atoms with Gasteiger partial charge in [-0.25, -0.2) is 15.0 Å². The van der Waals surface area contributed by atoms with E-state index in [9.17, 15) is 4.79 Å². The topological polar surface area (TPSA) is 85.6 Å². The lowest BCUT2D eigenvalue weighted by Gasteiger charge is -2.29. The predicted octanol–water partition coefficient (Wildman–Crippen LogP) is 1.49. The van der Waals surface area contributed by atoms with E-state index in [1.54, 1.807) is 25.1 Å². The average molecular weight is 396 g/mol. The first kappa shape index (κ1) is 19.0. The summed E-state index contributed by atoms with van der Waals surface area (Å²) in [4.78, 5) is 29.7. The van der Waals surface area contributed by atoms with Crippen LogP contribution >= 0.6 is 0 Å². The van der Waals surface area contributed by atoms with E-state index >= 15 is 0 Å². The molecule has 9 heteroatoms. The highest BCUT2D eigenvalue weighted by atomic mass is 16.5. The van der Waals surface area contributed by atoms with Crippen LogP contribution in [0.25, 0.3) is 11.2 Å². The predicted molar refractivity (Wildman–Crippen MR) is 108 cm³/mol. The number of ether oxygens (including phenoxy) is 2. The molecule has 2 aromatic heterocycles. The molecule has 0 aliphatic carbocycles. The molecule has 0 saturated heterocycles. The van der Waals surface area contributed by atoms with E-state index in [2.05, 4.69) is 15.0 Å². The zero-order valence-corrected chi connectivity index (χ0v) is 17.0. The van der Waals surface area contributed by atoms with Crippen molar-refractivity contribution in [1.82, 2.24) is 24.4 Å². The molecule has 0 unspecified atom stereocenters. The third-order valence-electron chi connectivity index (χ3n) is 5.18. The highest BCUT2D eigenvalue weighted by molar-refractivity contribution is 5.85. The number of benzene rings is 1. The summed E-state index contributed by atoms with van der Waals surface area (Å²) in [6.07, 6.45) is 3.92. The molecule has 152 valence electrons. The summed E-state index contributed by atoms with van der Waals surface area (Å²) in [5.41, 5.74) is 3.60. The van der Waals surface area contributed by atoms with Crippen LogP contribution in [0, 0.1) is 0 Å². The second-order valence-electron chi connectivity index (χ2n) is 7.18. The number of fused-ring (bicyclic) bond motifs is 2. The van der Waals surface area contributed by atoms with E-state index in [0.717, 1.165) is 17.8 Å². The molecule has 29 heavy (non-hydrogen) atoms. The number of hydrogen-bond acceptors (Lipinski definition) is 7. The summed E-state index contributed by atoms with van der Waals surface area (Å²) in [6, 6.07) is 3.95. The van der Waals surface area contributed by atoms with Crippen LogP contribution in [0.15, 0.2) is 24.8 Å². The Hall–Kier alpha value is -3.36. The van der Waals surface area contributed by atoms with Crippen molar-refractivity contribution in [3.63, 3.8) is 0 Å². The number of anilines is 1. The number of imidazole rings is 1. The van der Waals surface area contributed by atoms with Crippen LogP contribution in [-0.4, -0.2) is 65.2 Å². The smallest absolute Gasteiger partial charge is 0.242 e. The highest BCUT2D eigenvalue weighted by Gasteiger charge is 2.24. The van der Waals surface area contributed by atoms with Crippen molar-refractivity contribution in [2.24, 2.45) is 0 Å². The number of nitrogens with zero attached hydrogens (tertiary/aromatic N) is 6. The molecule has 0 atom stereocenters. The van der Waals surface area contributed by atoms with E-state index < -0.39 is 0 Å². The van der Waals surface area contributed by atoms with Gasteiger partial charge in [0.15, 0.2) is 28.5 Å². The van der Waals surface area contributed by atoms with E-state index in [1.165, 1.54) is 11.9 Å². The Bertz CT molecular complexity index is 1060. The molecule has 1 aromatic carbocycles. The molecule has 3 heterocycles. The Morgan fingerprint density at radius 2 is 1.83 bits per heavy atom. The molecule has 0 saturated carbocycles. The van der Waals surface area contributed by atoms with Gasteiger partial charge in [-0.05, 0) is 29.7 Å². The second kappa shape index (κ2) is 7.57. The van der Waals surface area contributed by atoms with Crippen molar-refractivity contribution in [3.8, 4) is 11.5 Å².